The SMILES string of the molecule is Cc1nc(-c2ccccc2)c(C(=O)OCC(=O)Nc2ccc(F)cc2F)s1. The molecule has 1 amide bonds. The van der Waals surface area contributed by atoms with Crippen molar-refractivity contribution in [3.8, 4) is 11.3 Å². The summed E-state index contributed by atoms with van der Waals surface area (Å²) < 4.78 is 31.5. The average molecular weight is 388 g/mol. The van der Waals surface area contributed by atoms with E-state index in [1.165, 1.54) is 0 Å². The zero-order valence-electron chi connectivity index (χ0n) is 14.2. The van der Waals surface area contributed by atoms with E-state index in [4.69, 9.17) is 4.74 Å². The van der Waals surface area contributed by atoms with Crippen LogP contribution in [0, 0.1) is 18.6 Å². The van der Waals surface area contributed by atoms with Crippen molar-refractivity contribution in [3.05, 3.63) is 70.1 Å². The summed E-state index contributed by atoms with van der Waals surface area (Å²) in [6, 6.07) is 11.9. The third kappa shape index (κ3) is 4.53. The number of rotatable bonds is 5. The highest BCUT2D eigenvalue weighted by Gasteiger charge is 2.20. The molecule has 27 heavy (non-hydrogen) atoms. The standard InChI is InChI=1S/C19H14F2N2O3S/c1-11-22-17(12-5-3-2-4-6-12)18(27-11)19(25)26-10-16(24)23-15-8-7-13(20)9-14(15)21/h2-9H,10H2,1H3,(H,23,24). The predicted molar refractivity (Wildman–Crippen MR) is 97.6 cm³/mol. The van der Waals surface area contributed by atoms with Crippen LogP contribution in [0.15, 0.2) is 48.5 Å². The minimum absolute atomic E-state index is 0.198. The molecule has 0 bridgehead atoms. The van der Waals surface area contributed by atoms with Crippen molar-refractivity contribution in [2.45, 2.75) is 6.92 Å². The third-order valence-electron chi connectivity index (χ3n) is 3.51. The van der Waals surface area contributed by atoms with Crippen LogP contribution in [0.25, 0.3) is 11.3 Å². The molecule has 3 rings (SSSR count). The first-order chi connectivity index (χ1) is 12.9. The maximum absolute atomic E-state index is 13.5. The van der Waals surface area contributed by atoms with Crippen molar-refractivity contribution < 1.29 is 23.1 Å². The van der Waals surface area contributed by atoms with E-state index in [0.29, 0.717) is 16.8 Å². The molecule has 0 radical (unpaired) electrons. The number of aromatic nitrogens is 1. The Bertz CT molecular complexity index is 990. The fourth-order valence-corrected chi connectivity index (χ4v) is 3.17. The molecule has 8 heteroatoms. The number of carbonyl (C=O) groups excluding carboxylic acids is 2. The van der Waals surface area contributed by atoms with Crippen LogP contribution in [-0.2, 0) is 9.53 Å². The van der Waals surface area contributed by atoms with Gasteiger partial charge in [0.05, 0.1) is 16.4 Å². The summed E-state index contributed by atoms with van der Waals surface area (Å²) in [5, 5.41) is 2.90. The first kappa shape index (κ1) is 18.7. The van der Waals surface area contributed by atoms with Crippen molar-refractivity contribution in [1.82, 2.24) is 4.98 Å². The lowest BCUT2D eigenvalue weighted by molar-refractivity contribution is -0.119. The Balaban J connectivity index is 1.67. The molecule has 1 N–H and O–H groups in total. The minimum atomic E-state index is -0.917. The molecule has 0 atom stereocenters. The molecule has 138 valence electrons. The quantitative estimate of drug-likeness (QED) is 0.666. The summed E-state index contributed by atoms with van der Waals surface area (Å²) in [7, 11) is 0. The number of nitrogens with one attached hydrogen (secondary N) is 1. The van der Waals surface area contributed by atoms with Crippen molar-refractivity contribution in [1.29, 1.82) is 0 Å². The molecule has 1 heterocycles. The van der Waals surface area contributed by atoms with Crippen molar-refractivity contribution in [2.24, 2.45) is 0 Å². The fourth-order valence-electron chi connectivity index (χ4n) is 2.33. The Hall–Kier alpha value is -3.13. The van der Waals surface area contributed by atoms with E-state index in [0.717, 1.165) is 29.0 Å². The molecule has 0 spiro atoms. The number of nitrogens with zero attached hydrogens (tertiary/aromatic N) is 1. The molecule has 0 unspecified atom stereocenters. The first-order valence-corrected chi connectivity index (χ1v) is 8.70. The topological polar surface area (TPSA) is 68.3 Å². The van der Waals surface area contributed by atoms with Gasteiger partial charge in [0.15, 0.2) is 6.61 Å². The number of hydrogen-bond acceptors (Lipinski definition) is 5. The van der Waals surface area contributed by atoms with Gasteiger partial charge in [-0.05, 0) is 19.1 Å². The molecule has 0 aliphatic heterocycles. The van der Waals surface area contributed by atoms with Gasteiger partial charge in [-0.3, -0.25) is 4.79 Å². The second kappa shape index (κ2) is 8.05. The second-order valence-electron chi connectivity index (χ2n) is 5.53. The van der Waals surface area contributed by atoms with E-state index < -0.39 is 30.1 Å². The van der Waals surface area contributed by atoms with Crippen LogP contribution >= 0.6 is 11.3 Å². The number of aryl methyl sites for hydroxylation is 1. The molecule has 0 aliphatic carbocycles. The summed E-state index contributed by atoms with van der Waals surface area (Å²) in [4.78, 5) is 28.9. The fraction of sp³-hybridized carbons (Fsp3) is 0.105. The summed E-state index contributed by atoms with van der Waals surface area (Å²) in [6.07, 6.45) is 0. The smallest absolute Gasteiger partial charge is 0.351 e. The van der Waals surface area contributed by atoms with Gasteiger partial charge < -0.3 is 10.1 Å². The van der Waals surface area contributed by atoms with Gasteiger partial charge in [-0.25, -0.2) is 18.6 Å². The van der Waals surface area contributed by atoms with E-state index in [9.17, 15) is 18.4 Å². The van der Waals surface area contributed by atoms with E-state index in [2.05, 4.69) is 10.3 Å². The van der Waals surface area contributed by atoms with Gasteiger partial charge in [0.25, 0.3) is 5.91 Å². The highest BCUT2D eigenvalue weighted by molar-refractivity contribution is 7.14. The number of thiazole rings is 1. The van der Waals surface area contributed by atoms with Crippen LogP contribution in [0.1, 0.15) is 14.7 Å². The van der Waals surface area contributed by atoms with Crippen LogP contribution in [0.5, 0.6) is 0 Å². The van der Waals surface area contributed by atoms with E-state index in [-0.39, 0.29) is 10.6 Å². The molecule has 0 fully saturated rings. The molecule has 1 aromatic heterocycles. The molecular formula is C19H14F2N2O3S. The number of halogens is 2. The van der Waals surface area contributed by atoms with Crippen LogP contribution in [0.2, 0.25) is 0 Å². The number of benzene rings is 2. The normalized spacial score (nSPS) is 10.5. The maximum Gasteiger partial charge on any atom is 0.351 e. The van der Waals surface area contributed by atoms with Gasteiger partial charge >= 0.3 is 5.97 Å². The molecule has 3 aromatic rings. The third-order valence-corrected chi connectivity index (χ3v) is 4.46. The Labute approximate surface area is 157 Å². The van der Waals surface area contributed by atoms with Crippen LogP contribution < -0.4 is 5.32 Å². The Morgan fingerprint density at radius 1 is 1.15 bits per heavy atom. The van der Waals surface area contributed by atoms with Gasteiger partial charge in [0.1, 0.15) is 16.5 Å². The van der Waals surface area contributed by atoms with Crippen molar-refractivity contribution in [2.75, 3.05) is 11.9 Å². The molecule has 5 nitrogen and oxygen atoms in total. The number of carbonyl (C=O) groups is 2. The number of anilines is 1. The first-order valence-electron chi connectivity index (χ1n) is 7.89. The summed E-state index contributed by atoms with van der Waals surface area (Å²) in [5.41, 5.74) is 1.04. The number of hydrogen-bond donors (Lipinski definition) is 1. The lowest BCUT2D eigenvalue weighted by Crippen LogP contribution is -2.21. The van der Waals surface area contributed by atoms with E-state index in [1.807, 2.05) is 30.3 Å². The summed E-state index contributed by atoms with van der Waals surface area (Å²) >= 11 is 1.16. The van der Waals surface area contributed by atoms with Crippen molar-refractivity contribution >= 4 is 28.9 Å². The number of amides is 1. The van der Waals surface area contributed by atoms with Gasteiger partial charge in [-0.1, -0.05) is 30.3 Å². The largest absolute Gasteiger partial charge is 0.451 e. The Morgan fingerprint density at radius 2 is 1.89 bits per heavy atom. The predicted octanol–water partition coefficient (Wildman–Crippen LogP) is 4.19. The average Bonchev–Trinajstić information content (AvgIpc) is 3.05. The van der Waals surface area contributed by atoms with Gasteiger partial charge in [-0.15, -0.1) is 11.3 Å². The second-order valence-corrected chi connectivity index (χ2v) is 6.73. The van der Waals surface area contributed by atoms with E-state index in [1.54, 1.807) is 6.92 Å². The molecule has 0 saturated carbocycles. The summed E-state index contributed by atoms with van der Waals surface area (Å²) in [5.74, 6) is -3.12. The zero-order chi connectivity index (χ0) is 19.4. The van der Waals surface area contributed by atoms with Crippen LogP contribution in [-0.4, -0.2) is 23.5 Å². The summed E-state index contributed by atoms with van der Waals surface area (Å²) in [6.45, 7) is 1.15. The Morgan fingerprint density at radius 3 is 2.59 bits per heavy atom. The van der Waals surface area contributed by atoms with Crippen molar-refractivity contribution in [3.63, 3.8) is 0 Å². The van der Waals surface area contributed by atoms with Crippen LogP contribution in [0.4, 0.5) is 14.5 Å². The number of esters is 1. The van der Waals surface area contributed by atoms with Gasteiger partial charge in [0, 0.05) is 11.6 Å². The highest BCUT2D eigenvalue weighted by atomic mass is 32.1. The lowest BCUT2D eigenvalue weighted by Gasteiger charge is -2.07. The number of ether oxygens (including phenoxy) is 1. The van der Waals surface area contributed by atoms with E-state index >= 15 is 0 Å². The highest BCUT2D eigenvalue weighted by Crippen LogP contribution is 2.28. The monoisotopic (exact) mass is 388 g/mol. The molecule has 0 saturated heterocycles. The molecular weight excluding hydrogens is 374 g/mol. The lowest BCUT2D eigenvalue weighted by atomic mass is 10.1. The van der Waals surface area contributed by atoms with Crippen LogP contribution in [0.3, 0.4) is 0 Å². The minimum Gasteiger partial charge on any atom is -0.451 e. The maximum atomic E-state index is 13.5. The Kier molecular flexibility index (Phi) is 5.56. The van der Waals surface area contributed by atoms with Gasteiger partial charge in [-0.2, -0.15) is 0 Å². The molecule has 0 aliphatic rings. The van der Waals surface area contributed by atoms with Gasteiger partial charge in [0.2, 0.25) is 0 Å². The zero-order valence-corrected chi connectivity index (χ0v) is 15.0. The molecule has 2 aromatic carbocycles.